The van der Waals surface area contributed by atoms with Crippen LogP contribution in [-0.4, -0.2) is 51.8 Å². The standard InChI is InChI=1S/C9H6F5NO2.C8H9NO.2C7H8O.C7H8.C2H5F/c10-8(17-14,9(11,12)13)7(16)15-6-4-2-1-3-5-6;1-9-8(10)7-5-3-2-4-6-7;2*1-8-7-5-3-2-4-6-7;1-7-5-3-2-4-6-7;1-2-3/h1-5H,(H,15,16);2-6H,1H3,(H,9,10);2*2-6H,1H3;2-6H,1H3;2H2,1H3. The summed E-state index contributed by atoms with van der Waals surface area (Å²) in [6, 6.07) is 45.4. The third kappa shape index (κ3) is 20.6. The molecule has 53 heavy (non-hydrogen) atoms. The van der Waals surface area contributed by atoms with Gasteiger partial charge in [-0.15, -0.1) is 4.94 Å². The zero-order valence-electron chi connectivity index (χ0n) is 29.9. The predicted molar refractivity (Wildman–Crippen MR) is 196 cm³/mol. The molecule has 0 bridgehead atoms. The third-order valence-corrected chi connectivity index (χ3v) is 5.96. The molecule has 0 saturated carbocycles. The van der Waals surface area contributed by atoms with Gasteiger partial charge in [-0.1, -0.05) is 109 Å². The van der Waals surface area contributed by atoms with Crippen LogP contribution >= 0.6 is 0 Å². The number of halogens is 6. The molecular formula is C40H44F6N2O5. The summed E-state index contributed by atoms with van der Waals surface area (Å²) in [7, 11) is 4.94. The van der Waals surface area contributed by atoms with Gasteiger partial charge in [0.1, 0.15) is 11.5 Å². The monoisotopic (exact) mass is 746 g/mol. The van der Waals surface area contributed by atoms with Gasteiger partial charge in [0.05, 0.1) is 20.9 Å². The van der Waals surface area contributed by atoms with Gasteiger partial charge in [0, 0.05) is 18.3 Å². The highest BCUT2D eigenvalue weighted by atomic mass is 19.4. The lowest BCUT2D eigenvalue weighted by Crippen LogP contribution is -2.51. The third-order valence-electron chi connectivity index (χ3n) is 5.96. The summed E-state index contributed by atoms with van der Waals surface area (Å²) in [6.45, 7) is 3.29. The Labute approximate surface area is 306 Å². The molecular weight excluding hydrogens is 702 g/mol. The van der Waals surface area contributed by atoms with Crippen LogP contribution in [0, 0.1) is 6.92 Å². The number of hydrogen-bond acceptors (Lipinski definition) is 5. The summed E-state index contributed by atoms with van der Waals surface area (Å²) < 4.78 is 80.9. The van der Waals surface area contributed by atoms with Crippen molar-refractivity contribution in [3.63, 3.8) is 0 Å². The van der Waals surface area contributed by atoms with Crippen molar-refractivity contribution in [2.24, 2.45) is 0 Å². The van der Waals surface area contributed by atoms with E-state index < -0.39 is 17.9 Å². The van der Waals surface area contributed by atoms with Crippen LogP contribution < -0.4 is 20.1 Å². The van der Waals surface area contributed by atoms with E-state index in [1.54, 1.807) is 38.7 Å². The van der Waals surface area contributed by atoms with Gasteiger partial charge >= 0.3 is 17.9 Å². The Kier molecular flexibility index (Phi) is 24.8. The second-order valence-corrected chi connectivity index (χ2v) is 9.89. The molecule has 2 amide bonds. The van der Waals surface area contributed by atoms with Crippen molar-refractivity contribution in [3.8, 4) is 11.5 Å². The Morgan fingerprint density at radius 2 is 0.962 bits per heavy atom. The molecule has 5 aromatic rings. The molecule has 0 fully saturated rings. The van der Waals surface area contributed by atoms with Crippen LogP contribution in [0.15, 0.2) is 152 Å². The Balaban J connectivity index is 0.000000651. The largest absolute Gasteiger partial charge is 0.497 e. The van der Waals surface area contributed by atoms with Gasteiger partial charge in [-0.05, 0) is 66.9 Å². The van der Waals surface area contributed by atoms with Crippen LogP contribution in [0.2, 0.25) is 0 Å². The average Bonchev–Trinajstić information content (AvgIpc) is 3.19. The van der Waals surface area contributed by atoms with Crippen molar-refractivity contribution in [2.75, 3.05) is 33.3 Å². The number of alkyl halides is 5. The van der Waals surface area contributed by atoms with Crippen molar-refractivity contribution in [1.82, 2.24) is 5.32 Å². The summed E-state index contributed by atoms with van der Waals surface area (Å²) in [4.78, 5) is 24.0. The number of anilines is 1. The second-order valence-electron chi connectivity index (χ2n) is 9.89. The van der Waals surface area contributed by atoms with Gasteiger partial charge in [-0.2, -0.15) is 17.6 Å². The molecule has 7 nitrogen and oxygen atoms in total. The first-order chi connectivity index (χ1) is 25.3. The fourth-order valence-corrected chi connectivity index (χ4v) is 3.32. The highest BCUT2D eigenvalue weighted by molar-refractivity contribution is 5.96. The fourth-order valence-electron chi connectivity index (χ4n) is 3.32. The number of carbonyl (C=O) groups is 2. The molecule has 0 aliphatic rings. The van der Waals surface area contributed by atoms with Gasteiger partial charge in [-0.3, -0.25) is 14.0 Å². The second kappa shape index (κ2) is 27.8. The minimum absolute atomic E-state index is 0.0411. The van der Waals surface area contributed by atoms with E-state index in [0.717, 1.165) is 11.5 Å². The molecule has 0 aromatic heterocycles. The van der Waals surface area contributed by atoms with E-state index in [4.69, 9.17) is 9.47 Å². The molecule has 0 aliphatic carbocycles. The molecule has 1 unspecified atom stereocenters. The number of aryl methyl sites for hydroxylation is 1. The lowest BCUT2D eigenvalue weighted by molar-refractivity contribution is -0.379. The van der Waals surface area contributed by atoms with Crippen LogP contribution in [0.1, 0.15) is 22.8 Å². The van der Waals surface area contributed by atoms with Crippen LogP contribution in [-0.2, 0) is 9.74 Å². The Morgan fingerprint density at radius 1 is 0.623 bits per heavy atom. The number of nitrogens with one attached hydrogen (secondary N) is 2. The fraction of sp³-hybridized carbons (Fsp3) is 0.200. The van der Waals surface area contributed by atoms with Crippen molar-refractivity contribution >= 4 is 17.5 Å². The van der Waals surface area contributed by atoms with Crippen molar-refractivity contribution in [3.05, 3.63) is 163 Å². The SMILES string of the molecule is CCF.CNC(=O)c1ccccc1.COc1ccccc1.COc1ccccc1.Cc1ccccc1.O=C(Nc1ccccc1)C(F)(OF)C(F)(F)F. The van der Waals surface area contributed by atoms with E-state index in [1.807, 2.05) is 97.1 Å². The lowest BCUT2D eigenvalue weighted by atomic mass is 10.2. The molecule has 286 valence electrons. The first kappa shape index (κ1) is 47.2. The number of methoxy groups -OCH3 is 2. The van der Waals surface area contributed by atoms with Crippen molar-refractivity contribution in [1.29, 1.82) is 0 Å². The zero-order valence-corrected chi connectivity index (χ0v) is 29.9. The first-order valence-electron chi connectivity index (χ1n) is 15.8. The molecule has 0 aliphatic heterocycles. The molecule has 1 atom stereocenters. The average molecular weight is 747 g/mol. The molecule has 0 spiro atoms. The molecule has 0 saturated heterocycles. The summed E-state index contributed by atoms with van der Waals surface area (Å²) in [6.07, 6.45) is -5.82. The predicted octanol–water partition coefficient (Wildman–Crippen LogP) is 10.2. The normalized spacial score (nSPS) is 10.6. The maximum atomic E-state index is 13.0. The van der Waals surface area contributed by atoms with E-state index in [-0.39, 0.29) is 18.3 Å². The molecule has 13 heteroatoms. The zero-order chi connectivity index (χ0) is 40.0. The van der Waals surface area contributed by atoms with Gasteiger partial charge in [0.25, 0.3) is 5.91 Å². The van der Waals surface area contributed by atoms with E-state index in [1.165, 1.54) is 42.8 Å². The number of amides is 2. The molecule has 0 heterocycles. The number of hydrogen-bond donors (Lipinski definition) is 2. The topological polar surface area (TPSA) is 85.9 Å². The maximum Gasteiger partial charge on any atom is 0.461 e. The summed E-state index contributed by atoms with van der Waals surface area (Å²) in [5.74, 6) is -5.54. The number of rotatable bonds is 6. The van der Waals surface area contributed by atoms with Crippen LogP contribution in [0.3, 0.4) is 0 Å². The van der Waals surface area contributed by atoms with Gasteiger partial charge < -0.3 is 20.1 Å². The number of benzene rings is 5. The van der Waals surface area contributed by atoms with E-state index in [0.29, 0.717) is 5.56 Å². The van der Waals surface area contributed by atoms with Gasteiger partial charge in [-0.25, -0.2) is 0 Å². The Morgan fingerprint density at radius 3 is 1.23 bits per heavy atom. The Bertz CT molecular complexity index is 1580. The number of para-hydroxylation sites is 3. The van der Waals surface area contributed by atoms with Gasteiger partial charge in [0.2, 0.25) is 0 Å². The molecule has 5 aromatic carbocycles. The Hall–Kier alpha value is -5.82. The molecule has 5 rings (SSSR count). The van der Waals surface area contributed by atoms with E-state index in [2.05, 4.69) is 29.3 Å². The minimum Gasteiger partial charge on any atom is -0.497 e. The van der Waals surface area contributed by atoms with Crippen LogP contribution in [0.4, 0.5) is 32.2 Å². The number of ether oxygens (including phenoxy) is 2. The molecule has 2 N–H and O–H groups in total. The summed E-state index contributed by atoms with van der Waals surface area (Å²) >= 11 is 0. The summed E-state index contributed by atoms with van der Waals surface area (Å²) in [5, 5.41) is 4.08. The highest BCUT2D eigenvalue weighted by Gasteiger charge is 2.65. The number of carbonyl (C=O) groups excluding carboxylic acids is 2. The van der Waals surface area contributed by atoms with Crippen LogP contribution in [0.25, 0.3) is 0 Å². The van der Waals surface area contributed by atoms with Crippen LogP contribution in [0.5, 0.6) is 11.5 Å². The minimum atomic E-state index is -5.82. The van der Waals surface area contributed by atoms with Crippen molar-refractivity contribution in [2.45, 2.75) is 25.9 Å². The van der Waals surface area contributed by atoms with E-state index >= 15 is 0 Å². The van der Waals surface area contributed by atoms with Gasteiger partial charge in [0.15, 0.2) is 0 Å². The summed E-state index contributed by atoms with van der Waals surface area (Å²) in [5.41, 5.74) is 1.90. The lowest BCUT2D eigenvalue weighted by Gasteiger charge is -2.21. The quantitative estimate of drug-likeness (QED) is 0.169. The van der Waals surface area contributed by atoms with E-state index in [9.17, 15) is 36.1 Å². The maximum absolute atomic E-state index is 13.0. The smallest absolute Gasteiger partial charge is 0.461 e. The first-order valence-corrected chi connectivity index (χ1v) is 15.8. The highest BCUT2D eigenvalue weighted by Crippen LogP contribution is 2.36. The molecule has 0 radical (unpaired) electrons. The van der Waals surface area contributed by atoms with Crippen molar-refractivity contribution < 1.29 is 50.5 Å².